The molecule has 2 N–H and O–H groups in total. The molecule has 0 unspecified atom stereocenters. The van der Waals surface area contributed by atoms with Crippen LogP contribution in [0.25, 0.3) is 11.3 Å². The lowest BCUT2D eigenvalue weighted by Crippen LogP contribution is -2.20. The summed E-state index contributed by atoms with van der Waals surface area (Å²) >= 11 is 3.48. The summed E-state index contributed by atoms with van der Waals surface area (Å²) in [6, 6.07) is 9.13. The van der Waals surface area contributed by atoms with E-state index in [1.165, 1.54) is 6.20 Å². The van der Waals surface area contributed by atoms with Crippen LogP contribution in [0.1, 0.15) is 11.3 Å². The molecule has 0 atom stereocenters. The summed E-state index contributed by atoms with van der Waals surface area (Å²) < 4.78 is 1.03. The third-order valence-electron chi connectivity index (χ3n) is 3.50. The van der Waals surface area contributed by atoms with Crippen LogP contribution in [0.2, 0.25) is 0 Å². The average Bonchev–Trinajstić information content (AvgIpc) is 2.59. The van der Waals surface area contributed by atoms with Crippen LogP contribution in [0, 0.1) is 13.8 Å². The summed E-state index contributed by atoms with van der Waals surface area (Å²) in [5.41, 5.74) is 4.21. The minimum atomic E-state index is -0.399. The molecule has 2 amide bonds. The number of benzene rings is 1. The highest BCUT2D eigenvalue weighted by Crippen LogP contribution is 2.24. The highest BCUT2D eigenvalue weighted by Gasteiger charge is 2.07. The first kappa shape index (κ1) is 17.0. The first-order valence-corrected chi connectivity index (χ1v) is 8.40. The van der Waals surface area contributed by atoms with Crippen LogP contribution in [0.5, 0.6) is 0 Å². The first-order valence-electron chi connectivity index (χ1n) is 7.60. The summed E-state index contributed by atoms with van der Waals surface area (Å²) in [5.74, 6) is 0.371. The number of carbonyl (C=O) groups is 1. The molecule has 126 valence electrons. The van der Waals surface area contributed by atoms with Crippen LogP contribution in [-0.2, 0) is 0 Å². The van der Waals surface area contributed by atoms with Crippen molar-refractivity contribution in [1.82, 2.24) is 15.0 Å². The van der Waals surface area contributed by atoms with Crippen molar-refractivity contribution in [2.45, 2.75) is 13.8 Å². The van der Waals surface area contributed by atoms with Crippen LogP contribution in [0.3, 0.4) is 0 Å². The fraction of sp³-hybridized carbons (Fsp3) is 0.111. The second kappa shape index (κ2) is 7.40. The summed E-state index contributed by atoms with van der Waals surface area (Å²) in [7, 11) is 0. The molecular weight excluding hydrogens is 382 g/mol. The molecule has 25 heavy (non-hydrogen) atoms. The quantitative estimate of drug-likeness (QED) is 0.678. The number of pyridine rings is 1. The maximum atomic E-state index is 12.1. The van der Waals surface area contributed by atoms with Gasteiger partial charge in [-0.2, -0.15) is 0 Å². The maximum absolute atomic E-state index is 12.1. The van der Waals surface area contributed by atoms with Crippen LogP contribution in [0.15, 0.2) is 53.4 Å². The molecular formula is C18H16BrN5O. The molecule has 0 spiro atoms. The molecule has 3 aromatic rings. The third-order valence-corrected chi connectivity index (χ3v) is 4.39. The van der Waals surface area contributed by atoms with E-state index in [2.05, 4.69) is 41.5 Å². The monoisotopic (exact) mass is 397 g/mol. The molecule has 7 heteroatoms. The van der Waals surface area contributed by atoms with E-state index in [1.54, 1.807) is 18.5 Å². The van der Waals surface area contributed by atoms with Gasteiger partial charge in [0, 0.05) is 15.7 Å². The Morgan fingerprint density at radius 2 is 1.88 bits per heavy atom. The molecule has 0 aliphatic heterocycles. The van der Waals surface area contributed by atoms with Gasteiger partial charge in [-0.25, -0.2) is 9.78 Å². The van der Waals surface area contributed by atoms with Crippen LogP contribution >= 0.6 is 15.9 Å². The number of hydrogen-bond acceptors (Lipinski definition) is 4. The smallest absolute Gasteiger partial charge is 0.306 e. The summed E-state index contributed by atoms with van der Waals surface area (Å²) in [6.45, 7) is 3.89. The fourth-order valence-corrected chi connectivity index (χ4v) is 2.44. The Balaban J connectivity index is 1.73. The number of urea groups is 1. The van der Waals surface area contributed by atoms with Gasteiger partial charge in [0.15, 0.2) is 5.82 Å². The van der Waals surface area contributed by atoms with Gasteiger partial charge in [-0.3, -0.25) is 15.3 Å². The Labute approximate surface area is 153 Å². The van der Waals surface area contributed by atoms with Crippen molar-refractivity contribution in [1.29, 1.82) is 0 Å². The Hall–Kier alpha value is -2.80. The number of aryl methyl sites for hydroxylation is 2. The van der Waals surface area contributed by atoms with Gasteiger partial charge in [0.1, 0.15) is 0 Å². The molecule has 0 aliphatic rings. The Morgan fingerprint density at radius 3 is 2.60 bits per heavy atom. The SMILES string of the molecule is Cc1ccc(NC(=O)Nc2cncc(-c3ccc(Br)c(C)c3)n2)cn1. The minimum absolute atomic E-state index is 0.371. The van der Waals surface area contributed by atoms with Gasteiger partial charge in [-0.05, 0) is 43.7 Å². The lowest BCUT2D eigenvalue weighted by Gasteiger charge is -2.08. The number of amides is 2. The van der Waals surface area contributed by atoms with Gasteiger partial charge in [-0.1, -0.05) is 22.0 Å². The zero-order valence-corrected chi connectivity index (χ0v) is 15.3. The summed E-state index contributed by atoms with van der Waals surface area (Å²) in [6.07, 6.45) is 4.76. The molecule has 0 bridgehead atoms. The van der Waals surface area contributed by atoms with E-state index in [-0.39, 0.29) is 0 Å². The van der Waals surface area contributed by atoms with Crippen molar-refractivity contribution < 1.29 is 4.79 Å². The number of nitrogens with zero attached hydrogens (tertiary/aromatic N) is 3. The second-order valence-corrected chi connectivity index (χ2v) is 6.38. The van der Waals surface area contributed by atoms with E-state index in [0.29, 0.717) is 17.2 Å². The standard InChI is InChI=1S/C18H16BrN5O/c1-11-7-13(4-6-15(11)19)16-9-20-10-17(23-16)24-18(25)22-14-5-3-12(2)21-8-14/h3-10H,1-2H3,(H2,22,23,24,25). The van der Waals surface area contributed by atoms with Crippen molar-refractivity contribution in [3.63, 3.8) is 0 Å². The molecule has 1 aromatic carbocycles. The lowest BCUT2D eigenvalue weighted by atomic mass is 10.1. The molecule has 2 aromatic heterocycles. The van der Waals surface area contributed by atoms with Gasteiger partial charge in [0.2, 0.25) is 0 Å². The molecule has 2 heterocycles. The number of aromatic nitrogens is 3. The number of halogens is 1. The van der Waals surface area contributed by atoms with Crippen molar-refractivity contribution >= 4 is 33.5 Å². The van der Waals surface area contributed by atoms with Crippen molar-refractivity contribution in [2.75, 3.05) is 10.6 Å². The van der Waals surface area contributed by atoms with Crippen molar-refractivity contribution in [2.24, 2.45) is 0 Å². The molecule has 0 fully saturated rings. The highest BCUT2D eigenvalue weighted by atomic mass is 79.9. The minimum Gasteiger partial charge on any atom is -0.306 e. The van der Waals surface area contributed by atoms with E-state index in [1.807, 2.05) is 38.1 Å². The second-order valence-electron chi connectivity index (χ2n) is 5.52. The van der Waals surface area contributed by atoms with Crippen LogP contribution in [0.4, 0.5) is 16.3 Å². The van der Waals surface area contributed by atoms with E-state index in [0.717, 1.165) is 21.3 Å². The summed E-state index contributed by atoms with van der Waals surface area (Å²) in [5, 5.41) is 5.39. The number of rotatable bonds is 3. The molecule has 0 saturated heterocycles. The third kappa shape index (κ3) is 4.39. The predicted molar refractivity (Wildman–Crippen MR) is 102 cm³/mol. The number of anilines is 2. The lowest BCUT2D eigenvalue weighted by molar-refractivity contribution is 0.262. The van der Waals surface area contributed by atoms with E-state index in [4.69, 9.17) is 0 Å². The predicted octanol–water partition coefficient (Wildman–Crippen LogP) is 4.56. The zero-order chi connectivity index (χ0) is 17.8. The highest BCUT2D eigenvalue weighted by molar-refractivity contribution is 9.10. The Kier molecular flexibility index (Phi) is 5.04. The van der Waals surface area contributed by atoms with E-state index >= 15 is 0 Å². The van der Waals surface area contributed by atoms with Crippen LogP contribution < -0.4 is 10.6 Å². The van der Waals surface area contributed by atoms with Crippen molar-refractivity contribution in [3.8, 4) is 11.3 Å². The molecule has 0 radical (unpaired) electrons. The van der Waals surface area contributed by atoms with E-state index in [9.17, 15) is 4.79 Å². The van der Waals surface area contributed by atoms with Gasteiger partial charge in [-0.15, -0.1) is 0 Å². The number of carbonyl (C=O) groups excluding carboxylic acids is 1. The van der Waals surface area contributed by atoms with E-state index < -0.39 is 6.03 Å². The number of hydrogen-bond donors (Lipinski definition) is 2. The van der Waals surface area contributed by atoms with Gasteiger partial charge in [0.25, 0.3) is 0 Å². The fourth-order valence-electron chi connectivity index (χ4n) is 2.19. The Morgan fingerprint density at radius 1 is 1.04 bits per heavy atom. The first-order chi connectivity index (χ1) is 12.0. The van der Waals surface area contributed by atoms with Gasteiger partial charge in [0.05, 0.1) is 30.0 Å². The summed E-state index contributed by atoms with van der Waals surface area (Å²) in [4.78, 5) is 24.8. The average molecular weight is 398 g/mol. The zero-order valence-electron chi connectivity index (χ0n) is 13.7. The normalized spacial score (nSPS) is 10.4. The van der Waals surface area contributed by atoms with Gasteiger partial charge >= 0.3 is 6.03 Å². The topological polar surface area (TPSA) is 79.8 Å². The molecule has 3 rings (SSSR count). The maximum Gasteiger partial charge on any atom is 0.324 e. The molecule has 6 nitrogen and oxygen atoms in total. The largest absolute Gasteiger partial charge is 0.324 e. The molecule has 0 saturated carbocycles. The van der Waals surface area contributed by atoms with Gasteiger partial charge < -0.3 is 5.32 Å². The van der Waals surface area contributed by atoms with Crippen molar-refractivity contribution in [3.05, 3.63) is 64.7 Å². The number of nitrogens with one attached hydrogen (secondary N) is 2. The van der Waals surface area contributed by atoms with Crippen LogP contribution in [-0.4, -0.2) is 21.0 Å². The molecule has 0 aliphatic carbocycles. The Bertz CT molecular complexity index is 912.